The first-order valence-electron chi connectivity index (χ1n) is 9.95. The summed E-state index contributed by atoms with van der Waals surface area (Å²) in [4.78, 5) is 18.3. The zero-order valence-electron chi connectivity index (χ0n) is 16.0. The summed E-state index contributed by atoms with van der Waals surface area (Å²) in [7, 11) is 1.88. The summed E-state index contributed by atoms with van der Waals surface area (Å²) in [5.74, 6) is 2.73. The molecule has 2 N–H and O–H groups in total. The molecule has 1 aliphatic carbocycles. The van der Waals surface area contributed by atoms with Gasteiger partial charge in [-0.15, -0.1) is 0 Å². The molecular weight excluding hydrogens is 328 g/mol. The van der Waals surface area contributed by atoms with E-state index in [0.29, 0.717) is 24.9 Å². The number of carbonyl (C=O) groups is 1. The second kappa shape index (κ2) is 9.10. The van der Waals surface area contributed by atoms with E-state index in [1.165, 1.54) is 25.7 Å². The zero-order valence-corrected chi connectivity index (χ0v) is 16.0. The molecule has 1 aromatic rings. The number of hydrogen-bond donors (Lipinski definition) is 2. The third-order valence-electron chi connectivity index (χ3n) is 5.61. The first-order chi connectivity index (χ1) is 12.6. The van der Waals surface area contributed by atoms with E-state index in [0.717, 1.165) is 31.1 Å². The number of nitrogens with zero attached hydrogens (tertiary/aromatic N) is 2. The van der Waals surface area contributed by atoms with Gasteiger partial charge in [0, 0.05) is 45.1 Å². The highest BCUT2D eigenvalue weighted by molar-refractivity contribution is 5.81. The Bertz CT molecular complexity index is 599. The lowest BCUT2D eigenvalue weighted by atomic mass is 9.86. The average molecular weight is 361 g/mol. The van der Waals surface area contributed by atoms with E-state index >= 15 is 0 Å². The van der Waals surface area contributed by atoms with Crippen LogP contribution in [-0.2, 0) is 11.2 Å². The lowest BCUT2D eigenvalue weighted by Crippen LogP contribution is -2.54. The van der Waals surface area contributed by atoms with Gasteiger partial charge >= 0.3 is 0 Å². The molecule has 0 aromatic carbocycles. The van der Waals surface area contributed by atoms with Crippen LogP contribution in [0.3, 0.4) is 0 Å². The van der Waals surface area contributed by atoms with Crippen molar-refractivity contribution < 1.29 is 9.21 Å². The van der Waals surface area contributed by atoms with Crippen molar-refractivity contribution in [1.82, 2.24) is 15.5 Å². The van der Waals surface area contributed by atoms with Gasteiger partial charge in [0.1, 0.15) is 5.76 Å². The van der Waals surface area contributed by atoms with Crippen molar-refractivity contribution in [2.45, 2.75) is 64.0 Å². The van der Waals surface area contributed by atoms with Crippen molar-refractivity contribution in [3.05, 3.63) is 24.2 Å². The molecule has 0 bridgehead atoms. The monoisotopic (exact) mass is 360 g/mol. The van der Waals surface area contributed by atoms with Gasteiger partial charge in [0.25, 0.3) is 0 Å². The van der Waals surface area contributed by atoms with Crippen molar-refractivity contribution in [2.24, 2.45) is 10.9 Å². The van der Waals surface area contributed by atoms with Gasteiger partial charge in [-0.2, -0.15) is 0 Å². The highest BCUT2D eigenvalue weighted by Gasteiger charge is 2.26. The maximum Gasteiger partial charge on any atom is 0.222 e. The summed E-state index contributed by atoms with van der Waals surface area (Å²) >= 11 is 0. The molecule has 26 heavy (non-hydrogen) atoms. The van der Waals surface area contributed by atoms with E-state index in [1.807, 2.05) is 24.1 Å². The Balaban J connectivity index is 1.60. The van der Waals surface area contributed by atoms with Crippen LogP contribution in [0.25, 0.3) is 0 Å². The van der Waals surface area contributed by atoms with E-state index in [-0.39, 0.29) is 11.9 Å². The summed E-state index contributed by atoms with van der Waals surface area (Å²) in [6.45, 7) is 3.74. The number of carbonyl (C=O) groups excluding carboxylic acids is 1. The summed E-state index contributed by atoms with van der Waals surface area (Å²) in [6, 6.07) is 4.63. The van der Waals surface area contributed by atoms with E-state index < -0.39 is 0 Å². The van der Waals surface area contributed by atoms with Crippen molar-refractivity contribution in [3.63, 3.8) is 0 Å². The molecule has 0 radical (unpaired) electrons. The second-order valence-electron chi connectivity index (χ2n) is 7.73. The number of aliphatic imine (C=N–C) groups is 1. The van der Waals surface area contributed by atoms with Crippen LogP contribution < -0.4 is 10.6 Å². The fourth-order valence-electron chi connectivity index (χ4n) is 3.90. The van der Waals surface area contributed by atoms with Gasteiger partial charge < -0.3 is 20.0 Å². The van der Waals surface area contributed by atoms with E-state index in [1.54, 1.807) is 6.26 Å². The summed E-state index contributed by atoms with van der Waals surface area (Å²) < 4.78 is 5.40. The average Bonchev–Trinajstić information content (AvgIpc) is 3.13. The van der Waals surface area contributed by atoms with Crippen LogP contribution in [-0.4, -0.2) is 49.0 Å². The number of likely N-dealkylation sites (N-methyl/N-ethyl adjacent to an activating group) is 1. The summed E-state index contributed by atoms with van der Waals surface area (Å²) in [5.41, 5.74) is 0. The van der Waals surface area contributed by atoms with E-state index in [4.69, 9.17) is 9.41 Å². The Morgan fingerprint density at radius 3 is 2.88 bits per heavy atom. The molecule has 3 rings (SSSR count). The molecule has 6 heteroatoms. The Morgan fingerprint density at radius 2 is 2.15 bits per heavy atom. The van der Waals surface area contributed by atoms with Crippen LogP contribution in [0.15, 0.2) is 27.8 Å². The lowest BCUT2D eigenvalue weighted by molar-refractivity contribution is -0.132. The predicted octanol–water partition coefficient (Wildman–Crippen LogP) is 2.56. The van der Waals surface area contributed by atoms with Gasteiger partial charge in [0.05, 0.1) is 6.26 Å². The van der Waals surface area contributed by atoms with Crippen molar-refractivity contribution in [2.75, 3.05) is 20.1 Å². The van der Waals surface area contributed by atoms with Gasteiger partial charge in [0.15, 0.2) is 5.96 Å². The molecule has 1 aliphatic heterocycles. The van der Waals surface area contributed by atoms with Crippen molar-refractivity contribution in [1.29, 1.82) is 0 Å². The number of hydrogen-bond acceptors (Lipinski definition) is 3. The minimum absolute atomic E-state index is 0.230. The number of nitrogens with one attached hydrogen (secondary N) is 2. The van der Waals surface area contributed by atoms with Crippen LogP contribution in [0.5, 0.6) is 0 Å². The molecule has 2 aliphatic rings. The molecule has 1 saturated heterocycles. The molecule has 0 spiro atoms. The molecule has 1 amide bonds. The third kappa shape index (κ3) is 5.26. The van der Waals surface area contributed by atoms with Crippen LogP contribution in [0, 0.1) is 5.92 Å². The Kier molecular flexibility index (Phi) is 6.58. The molecule has 1 saturated carbocycles. The van der Waals surface area contributed by atoms with Gasteiger partial charge in [-0.3, -0.25) is 9.79 Å². The number of amides is 1. The Labute approximate surface area is 156 Å². The third-order valence-corrected chi connectivity index (χ3v) is 5.61. The van der Waals surface area contributed by atoms with Gasteiger partial charge in [-0.1, -0.05) is 19.8 Å². The van der Waals surface area contributed by atoms with E-state index in [2.05, 4.69) is 17.6 Å². The molecule has 3 atom stereocenters. The topological polar surface area (TPSA) is 69.9 Å². The predicted molar refractivity (Wildman–Crippen MR) is 103 cm³/mol. The molecule has 1 aromatic heterocycles. The van der Waals surface area contributed by atoms with Gasteiger partial charge in [0.2, 0.25) is 5.91 Å². The normalized spacial score (nSPS) is 27.5. The molecule has 2 heterocycles. The maximum atomic E-state index is 11.7. The van der Waals surface area contributed by atoms with Crippen molar-refractivity contribution >= 4 is 11.9 Å². The first-order valence-corrected chi connectivity index (χ1v) is 9.95. The Hall–Kier alpha value is -1.98. The maximum absolute atomic E-state index is 11.7. The molecule has 2 fully saturated rings. The molecule has 6 nitrogen and oxygen atoms in total. The minimum atomic E-state index is 0.230. The number of furan rings is 1. The van der Waals surface area contributed by atoms with Crippen LogP contribution in [0.2, 0.25) is 0 Å². The molecular formula is C20H32N4O2. The fraction of sp³-hybridized carbons (Fsp3) is 0.700. The number of likely N-dealkylation sites (tertiary alicyclic amines) is 1. The quantitative estimate of drug-likeness (QED) is 0.625. The second-order valence-corrected chi connectivity index (χ2v) is 7.73. The largest absolute Gasteiger partial charge is 0.469 e. The highest BCUT2D eigenvalue weighted by atomic mass is 16.3. The standard InChI is InChI=1S/C20H32N4O2/c1-15-6-3-4-8-18(15)23-20(21-12-11-17-7-5-13-26-17)22-16-9-10-19(25)24(2)14-16/h5,7,13,15-16,18H,3-4,6,8-12,14H2,1-2H3,(H2,21,22,23). The van der Waals surface area contributed by atoms with Gasteiger partial charge in [-0.25, -0.2) is 0 Å². The van der Waals surface area contributed by atoms with Crippen LogP contribution >= 0.6 is 0 Å². The fourth-order valence-corrected chi connectivity index (χ4v) is 3.90. The lowest BCUT2D eigenvalue weighted by Gasteiger charge is -2.34. The summed E-state index contributed by atoms with van der Waals surface area (Å²) in [6.07, 6.45) is 9.05. The number of rotatable bonds is 5. The smallest absolute Gasteiger partial charge is 0.222 e. The highest BCUT2D eigenvalue weighted by Crippen LogP contribution is 2.23. The van der Waals surface area contributed by atoms with Gasteiger partial charge in [-0.05, 0) is 37.3 Å². The Morgan fingerprint density at radius 1 is 1.31 bits per heavy atom. The van der Waals surface area contributed by atoms with E-state index in [9.17, 15) is 4.79 Å². The molecule has 144 valence electrons. The van der Waals surface area contributed by atoms with Crippen molar-refractivity contribution in [3.8, 4) is 0 Å². The molecule has 3 unspecified atom stereocenters. The first kappa shape index (κ1) is 18.8. The number of piperidine rings is 1. The SMILES string of the molecule is CC1CCCCC1NC(=NCCc1ccco1)NC1CCC(=O)N(C)C1. The van der Waals surface area contributed by atoms with Crippen LogP contribution in [0.1, 0.15) is 51.2 Å². The summed E-state index contributed by atoms with van der Waals surface area (Å²) in [5, 5.41) is 7.23. The zero-order chi connectivity index (χ0) is 18.4. The minimum Gasteiger partial charge on any atom is -0.469 e. The van der Waals surface area contributed by atoms with Crippen LogP contribution in [0.4, 0.5) is 0 Å². The number of guanidine groups is 1.